The van der Waals surface area contributed by atoms with Gasteiger partial charge in [-0.15, -0.1) is 0 Å². The van der Waals surface area contributed by atoms with Gasteiger partial charge in [0.05, 0.1) is 6.61 Å². The molecule has 0 amide bonds. The third-order valence-electron chi connectivity index (χ3n) is 1.87. The number of benzene rings is 1. The van der Waals surface area contributed by atoms with Crippen LogP contribution < -0.4 is 4.74 Å². The first-order valence-corrected chi connectivity index (χ1v) is 4.66. The molecule has 14 heavy (non-hydrogen) atoms. The summed E-state index contributed by atoms with van der Waals surface area (Å²) in [6, 6.07) is 5.15. The van der Waals surface area contributed by atoms with Crippen molar-refractivity contribution in [3.05, 3.63) is 23.8 Å². The minimum absolute atomic E-state index is 0.140. The molecule has 76 valence electrons. The Labute approximate surface area is 83.3 Å². The molecule has 0 unspecified atom stereocenters. The van der Waals surface area contributed by atoms with Crippen LogP contribution in [0.4, 0.5) is 0 Å². The molecule has 0 radical (unpaired) electrons. The number of aldehydes is 1. The number of ether oxygens (including phenoxy) is 1. The molecule has 0 bridgehead atoms. The summed E-state index contributed by atoms with van der Waals surface area (Å²) in [5.74, 6) is 0.623. The molecule has 3 heteroatoms. The van der Waals surface area contributed by atoms with Gasteiger partial charge < -0.3 is 14.6 Å². The van der Waals surface area contributed by atoms with E-state index in [9.17, 15) is 9.90 Å². The zero-order valence-corrected chi connectivity index (χ0v) is 8.19. The molecule has 0 aliphatic carbocycles. The van der Waals surface area contributed by atoms with E-state index < -0.39 is 0 Å². The minimum Gasteiger partial charge on any atom is -0.504 e. The molecular formula is C11H14O3. The largest absolute Gasteiger partial charge is 0.504 e. The maximum atomic E-state index is 10.2. The fourth-order valence-corrected chi connectivity index (χ4v) is 1.21. The fourth-order valence-electron chi connectivity index (χ4n) is 1.21. The van der Waals surface area contributed by atoms with E-state index in [1.807, 2.05) is 6.92 Å². The van der Waals surface area contributed by atoms with E-state index in [2.05, 4.69) is 0 Å². The van der Waals surface area contributed by atoms with Crippen molar-refractivity contribution < 1.29 is 14.6 Å². The predicted molar refractivity (Wildman–Crippen MR) is 53.7 cm³/mol. The van der Waals surface area contributed by atoms with Gasteiger partial charge in [-0.25, -0.2) is 0 Å². The van der Waals surface area contributed by atoms with E-state index in [0.29, 0.717) is 25.2 Å². The zero-order chi connectivity index (χ0) is 10.4. The lowest BCUT2D eigenvalue weighted by molar-refractivity contribution is -0.107. The summed E-state index contributed by atoms with van der Waals surface area (Å²) in [7, 11) is 0. The van der Waals surface area contributed by atoms with E-state index in [0.717, 1.165) is 11.8 Å². The Morgan fingerprint density at radius 1 is 1.50 bits per heavy atom. The van der Waals surface area contributed by atoms with E-state index in [4.69, 9.17) is 4.74 Å². The Balaban J connectivity index is 2.77. The predicted octanol–water partition coefficient (Wildman–Crippen LogP) is 1.92. The highest BCUT2D eigenvalue weighted by atomic mass is 16.5. The van der Waals surface area contributed by atoms with Gasteiger partial charge in [0.1, 0.15) is 6.29 Å². The van der Waals surface area contributed by atoms with Gasteiger partial charge in [-0.05, 0) is 31.0 Å². The molecule has 0 aliphatic rings. The number of hydrogen-bond donors (Lipinski definition) is 1. The molecule has 0 fully saturated rings. The van der Waals surface area contributed by atoms with Crippen LogP contribution in [-0.4, -0.2) is 18.0 Å². The normalized spacial score (nSPS) is 9.79. The van der Waals surface area contributed by atoms with Crippen LogP contribution in [0.1, 0.15) is 18.9 Å². The van der Waals surface area contributed by atoms with Crippen LogP contribution in [0.5, 0.6) is 11.5 Å². The SMILES string of the molecule is CCOc1cc(CCC=O)ccc1O. The summed E-state index contributed by atoms with van der Waals surface area (Å²) in [6.07, 6.45) is 2.06. The van der Waals surface area contributed by atoms with Gasteiger partial charge in [0, 0.05) is 6.42 Å². The molecule has 1 aromatic carbocycles. The first-order chi connectivity index (χ1) is 6.77. The molecule has 0 saturated heterocycles. The van der Waals surface area contributed by atoms with Crippen molar-refractivity contribution in [1.82, 2.24) is 0 Å². The second-order valence-corrected chi connectivity index (χ2v) is 2.94. The van der Waals surface area contributed by atoms with Gasteiger partial charge in [0.15, 0.2) is 11.5 Å². The third-order valence-corrected chi connectivity index (χ3v) is 1.87. The number of carbonyl (C=O) groups excluding carboxylic acids is 1. The molecule has 0 saturated carbocycles. The summed E-state index contributed by atoms with van der Waals surface area (Å²) >= 11 is 0. The average molecular weight is 194 g/mol. The van der Waals surface area contributed by atoms with Crippen molar-refractivity contribution in [2.45, 2.75) is 19.8 Å². The van der Waals surface area contributed by atoms with Gasteiger partial charge in [-0.3, -0.25) is 0 Å². The molecule has 0 aromatic heterocycles. The maximum absolute atomic E-state index is 10.2. The van der Waals surface area contributed by atoms with Crippen LogP contribution in [0.25, 0.3) is 0 Å². The Morgan fingerprint density at radius 3 is 2.93 bits per heavy atom. The quantitative estimate of drug-likeness (QED) is 0.728. The summed E-state index contributed by atoms with van der Waals surface area (Å²) in [4.78, 5) is 10.2. The molecular weight excluding hydrogens is 180 g/mol. The smallest absolute Gasteiger partial charge is 0.161 e. The van der Waals surface area contributed by atoms with Gasteiger partial charge in [0.2, 0.25) is 0 Å². The number of hydrogen-bond acceptors (Lipinski definition) is 3. The van der Waals surface area contributed by atoms with Crippen molar-refractivity contribution in [2.24, 2.45) is 0 Å². The summed E-state index contributed by atoms with van der Waals surface area (Å²) < 4.78 is 5.22. The molecule has 0 heterocycles. The highest BCUT2D eigenvalue weighted by molar-refractivity contribution is 5.50. The van der Waals surface area contributed by atoms with Crippen LogP contribution in [0.2, 0.25) is 0 Å². The van der Waals surface area contributed by atoms with Crippen molar-refractivity contribution in [3.8, 4) is 11.5 Å². The van der Waals surface area contributed by atoms with Crippen LogP contribution >= 0.6 is 0 Å². The molecule has 1 N–H and O–H groups in total. The van der Waals surface area contributed by atoms with Crippen molar-refractivity contribution in [3.63, 3.8) is 0 Å². The van der Waals surface area contributed by atoms with Gasteiger partial charge in [-0.1, -0.05) is 6.07 Å². The number of aromatic hydroxyl groups is 1. The second kappa shape index (κ2) is 5.27. The van der Waals surface area contributed by atoms with Gasteiger partial charge in [-0.2, -0.15) is 0 Å². The molecule has 0 spiro atoms. The highest BCUT2D eigenvalue weighted by Gasteiger charge is 2.02. The van der Waals surface area contributed by atoms with E-state index >= 15 is 0 Å². The summed E-state index contributed by atoms with van der Waals surface area (Å²) in [5.41, 5.74) is 0.998. The molecule has 3 nitrogen and oxygen atoms in total. The standard InChI is InChI=1S/C11H14O3/c1-2-14-11-8-9(4-3-7-12)5-6-10(11)13/h5-8,13H,2-4H2,1H3. The average Bonchev–Trinajstić information content (AvgIpc) is 2.19. The Kier molecular flexibility index (Phi) is 3.98. The zero-order valence-electron chi connectivity index (χ0n) is 8.19. The number of phenols is 1. The monoisotopic (exact) mass is 194 g/mol. The van der Waals surface area contributed by atoms with Crippen LogP contribution in [-0.2, 0) is 11.2 Å². The maximum Gasteiger partial charge on any atom is 0.161 e. The Hall–Kier alpha value is -1.51. The molecule has 0 atom stereocenters. The van der Waals surface area contributed by atoms with E-state index in [1.54, 1.807) is 18.2 Å². The van der Waals surface area contributed by atoms with E-state index in [1.165, 1.54) is 0 Å². The third kappa shape index (κ3) is 2.76. The fraction of sp³-hybridized carbons (Fsp3) is 0.364. The number of phenolic OH excluding ortho intramolecular Hbond substituents is 1. The lowest BCUT2D eigenvalue weighted by Gasteiger charge is -2.07. The highest BCUT2D eigenvalue weighted by Crippen LogP contribution is 2.27. The topological polar surface area (TPSA) is 46.5 Å². The molecule has 1 rings (SSSR count). The van der Waals surface area contributed by atoms with Crippen LogP contribution in [0, 0.1) is 0 Å². The van der Waals surface area contributed by atoms with E-state index in [-0.39, 0.29) is 5.75 Å². The lowest BCUT2D eigenvalue weighted by Crippen LogP contribution is -1.93. The van der Waals surface area contributed by atoms with Crippen molar-refractivity contribution >= 4 is 6.29 Å². The first-order valence-electron chi connectivity index (χ1n) is 4.66. The second-order valence-electron chi connectivity index (χ2n) is 2.94. The number of carbonyl (C=O) groups is 1. The number of aryl methyl sites for hydroxylation is 1. The van der Waals surface area contributed by atoms with Crippen LogP contribution in [0.15, 0.2) is 18.2 Å². The summed E-state index contributed by atoms with van der Waals surface area (Å²) in [6.45, 7) is 2.38. The van der Waals surface area contributed by atoms with Crippen LogP contribution in [0.3, 0.4) is 0 Å². The Bertz CT molecular complexity index is 307. The lowest BCUT2D eigenvalue weighted by atomic mass is 10.1. The first kappa shape index (κ1) is 10.6. The van der Waals surface area contributed by atoms with Gasteiger partial charge in [0.25, 0.3) is 0 Å². The minimum atomic E-state index is 0.140. The van der Waals surface area contributed by atoms with Crippen molar-refractivity contribution in [2.75, 3.05) is 6.61 Å². The molecule has 0 aliphatic heterocycles. The Morgan fingerprint density at radius 2 is 2.29 bits per heavy atom. The molecule has 1 aromatic rings. The summed E-state index contributed by atoms with van der Waals surface area (Å²) in [5, 5.41) is 9.40. The van der Waals surface area contributed by atoms with Crippen molar-refractivity contribution in [1.29, 1.82) is 0 Å². The number of rotatable bonds is 5. The van der Waals surface area contributed by atoms with Gasteiger partial charge >= 0.3 is 0 Å².